The van der Waals surface area contributed by atoms with Crippen LogP contribution in [-0.4, -0.2) is 10.3 Å². The molecule has 0 rings (SSSR count). The van der Waals surface area contributed by atoms with Crippen molar-refractivity contribution in [3.63, 3.8) is 0 Å². The Kier molecular flexibility index (Phi) is 17.7. The number of hydrogen-bond acceptors (Lipinski definition) is 1. The van der Waals surface area contributed by atoms with Gasteiger partial charge in [-0.05, 0) is 25.8 Å². The molecule has 0 unspecified atom stereocenters. The third-order valence-electron chi connectivity index (χ3n) is 2.35. The molecule has 0 aromatic heterocycles. The fraction of sp³-hybridized carbons (Fsp3) is 1.00. The average Bonchev–Trinajstić information content (AvgIpc) is 2.27. The maximum absolute atomic E-state index is 5.63. The van der Waals surface area contributed by atoms with Gasteiger partial charge in [-0.15, -0.1) is 0 Å². The molecular weight excluding hydrogens is 277 g/mol. The quantitative estimate of drug-likeness (QED) is 0.441. The van der Waals surface area contributed by atoms with Crippen LogP contribution in [0.25, 0.3) is 0 Å². The van der Waals surface area contributed by atoms with Crippen LogP contribution >= 0.6 is 34.8 Å². The third kappa shape index (κ3) is 26.4. The van der Waals surface area contributed by atoms with E-state index in [1.54, 1.807) is 0 Å². The Labute approximate surface area is 122 Å². The molecule has 0 aliphatic rings. The topological polar surface area (TPSA) is 26.0 Å². The van der Waals surface area contributed by atoms with Gasteiger partial charge in [0.25, 0.3) is 0 Å². The number of nitrogens with two attached hydrogens (primary N) is 1. The second kappa shape index (κ2) is 14.9. The number of unbranched alkanes of at least 4 members (excludes halogenated alkanes) is 6. The summed E-state index contributed by atoms with van der Waals surface area (Å²) in [5.74, 6) is 0. The Bertz CT molecular complexity index is 133. The summed E-state index contributed by atoms with van der Waals surface area (Å²) in [6.45, 7) is 5.10. The summed E-state index contributed by atoms with van der Waals surface area (Å²) in [7, 11) is 0. The molecule has 0 bridgehead atoms. The predicted molar refractivity (Wildman–Crippen MR) is 82.2 cm³/mol. The second-order valence-electron chi connectivity index (χ2n) is 4.28. The zero-order valence-corrected chi connectivity index (χ0v) is 13.6. The molecular formula is C13H28Cl3N. The molecule has 4 heteroatoms. The SMILES string of the molecule is CCCCCCCCCC(Cl)(Cl)Cl.CCCN. The Morgan fingerprint density at radius 1 is 0.765 bits per heavy atom. The Balaban J connectivity index is 0. The first-order valence-electron chi connectivity index (χ1n) is 6.74. The zero-order valence-electron chi connectivity index (χ0n) is 11.3. The monoisotopic (exact) mass is 303 g/mol. The van der Waals surface area contributed by atoms with Gasteiger partial charge in [-0.2, -0.15) is 0 Å². The van der Waals surface area contributed by atoms with E-state index in [1.807, 2.05) is 0 Å². The summed E-state index contributed by atoms with van der Waals surface area (Å²) in [4.78, 5) is 0. The molecule has 0 spiro atoms. The van der Waals surface area contributed by atoms with Gasteiger partial charge in [-0.25, -0.2) is 0 Å². The van der Waals surface area contributed by atoms with Crippen LogP contribution in [0.1, 0.15) is 71.6 Å². The first-order chi connectivity index (χ1) is 7.97. The van der Waals surface area contributed by atoms with Crippen molar-refractivity contribution >= 4 is 34.8 Å². The summed E-state index contributed by atoms with van der Waals surface area (Å²) in [6, 6.07) is 0. The fourth-order valence-corrected chi connectivity index (χ4v) is 1.68. The molecule has 0 aromatic carbocycles. The first kappa shape index (κ1) is 20.2. The van der Waals surface area contributed by atoms with Crippen molar-refractivity contribution in [3.05, 3.63) is 0 Å². The summed E-state index contributed by atoms with van der Waals surface area (Å²) < 4.78 is -1.04. The van der Waals surface area contributed by atoms with E-state index in [4.69, 9.17) is 40.5 Å². The van der Waals surface area contributed by atoms with E-state index in [-0.39, 0.29) is 0 Å². The molecule has 0 amide bonds. The van der Waals surface area contributed by atoms with E-state index in [2.05, 4.69) is 13.8 Å². The van der Waals surface area contributed by atoms with E-state index in [1.165, 1.54) is 38.5 Å². The van der Waals surface area contributed by atoms with Crippen molar-refractivity contribution in [3.8, 4) is 0 Å². The molecule has 0 radical (unpaired) electrons. The largest absolute Gasteiger partial charge is 0.330 e. The number of halogens is 3. The number of alkyl halides is 3. The minimum atomic E-state index is -1.04. The highest BCUT2D eigenvalue weighted by molar-refractivity contribution is 6.67. The molecule has 17 heavy (non-hydrogen) atoms. The maximum Gasteiger partial charge on any atom is 0.190 e. The minimum absolute atomic E-state index is 0.686. The molecule has 0 fully saturated rings. The summed E-state index contributed by atoms with van der Waals surface area (Å²) in [5.41, 5.74) is 5.03. The van der Waals surface area contributed by atoms with E-state index in [0.29, 0.717) is 6.42 Å². The summed E-state index contributed by atoms with van der Waals surface area (Å²) >= 11 is 16.9. The smallest absolute Gasteiger partial charge is 0.190 e. The number of hydrogen-bond donors (Lipinski definition) is 1. The average molecular weight is 305 g/mol. The maximum atomic E-state index is 5.63. The van der Waals surface area contributed by atoms with Crippen molar-refractivity contribution in [2.24, 2.45) is 5.73 Å². The lowest BCUT2D eigenvalue weighted by molar-refractivity contribution is 0.578. The fourth-order valence-electron chi connectivity index (χ4n) is 1.28. The van der Waals surface area contributed by atoms with Crippen LogP contribution in [0.4, 0.5) is 0 Å². The van der Waals surface area contributed by atoms with Crippen molar-refractivity contribution < 1.29 is 0 Å². The molecule has 0 aliphatic heterocycles. The number of rotatable bonds is 8. The molecule has 0 heterocycles. The highest BCUT2D eigenvalue weighted by Crippen LogP contribution is 2.32. The Morgan fingerprint density at radius 2 is 1.18 bits per heavy atom. The standard InChI is InChI=1S/C10H19Cl3.C3H9N/c1-2-3-4-5-6-7-8-9-10(11,12)13;1-2-3-4/h2-9H2,1H3;2-4H2,1H3. The van der Waals surface area contributed by atoms with Gasteiger partial charge < -0.3 is 5.73 Å². The lowest BCUT2D eigenvalue weighted by Crippen LogP contribution is -2.00. The van der Waals surface area contributed by atoms with Gasteiger partial charge in [0, 0.05) is 0 Å². The van der Waals surface area contributed by atoms with Crippen LogP contribution in [0.5, 0.6) is 0 Å². The lowest BCUT2D eigenvalue weighted by atomic mass is 10.1. The van der Waals surface area contributed by atoms with Crippen LogP contribution in [0.15, 0.2) is 0 Å². The highest BCUT2D eigenvalue weighted by atomic mass is 35.6. The van der Waals surface area contributed by atoms with Gasteiger partial charge in [0.2, 0.25) is 0 Å². The Morgan fingerprint density at radius 3 is 1.53 bits per heavy atom. The van der Waals surface area contributed by atoms with Gasteiger partial charge in [-0.1, -0.05) is 87.2 Å². The van der Waals surface area contributed by atoms with Crippen molar-refractivity contribution in [1.82, 2.24) is 0 Å². The van der Waals surface area contributed by atoms with Gasteiger partial charge in [0.1, 0.15) is 0 Å². The first-order valence-corrected chi connectivity index (χ1v) is 7.88. The van der Waals surface area contributed by atoms with E-state index in [0.717, 1.165) is 19.4 Å². The van der Waals surface area contributed by atoms with Crippen molar-refractivity contribution in [1.29, 1.82) is 0 Å². The van der Waals surface area contributed by atoms with Crippen molar-refractivity contribution in [2.75, 3.05) is 6.54 Å². The van der Waals surface area contributed by atoms with Crippen LogP contribution in [0.3, 0.4) is 0 Å². The third-order valence-corrected chi connectivity index (χ3v) is 2.92. The van der Waals surface area contributed by atoms with E-state index < -0.39 is 3.79 Å². The van der Waals surface area contributed by atoms with Gasteiger partial charge in [-0.3, -0.25) is 0 Å². The van der Waals surface area contributed by atoms with Crippen LogP contribution in [0, 0.1) is 0 Å². The van der Waals surface area contributed by atoms with Crippen molar-refractivity contribution in [2.45, 2.75) is 75.4 Å². The molecule has 0 aromatic rings. The van der Waals surface area contributed by atoms with Gasteiger partial charge in [0.05, 0.1) is 0 Å². The molecule has 1 nitrogen and oxygen atoms in total. The van der Waals surface area contributed by atoms with E-state index >= 15 is 0 Å². The molecule has 0 aliphatic carbocycles. The Hall–Kier alpha value is 0.830. The molecule has 0 saturated carbocycles. The lowest BCUT2D eigenvalue weighted by Gasteiger charge is -2.09. The van der Waals surface area contributed by atoms with Crippen LogP contribution in [-0.2, 0) is 0 Å². The second-order valence-corrected chi connectivity index (χ2v) is 6.79. The minimum Gasteiger partial charge on any atom is -0.330 e. The molecule has 0 atom stereocenters. The van der Waals surface area contributed by atoms with Gasteiger partial charge in [0.15, 0.2) is 3.79 Å². The molecule has 106 valence electrons. The van der Waals surface area contributed by atoms with Gasteiger partial charge >= 0.3 is 0 Å². The normalized spacial score (nSPS) is 10.9. The summed E-state index contributed by atoms with van der Waals surface area (Å²) in [5, 5.41) is 0. The zero-order chi connectivity index (χ0) is 13.6. The van der Waals surface area contributed by atoms with Crippen LogP contribution in [0.2, 0.25) is 0 Å². The summed E-state index contributed by atoms with van der Waals surface area (Å²) in [6.07, 6.45) is 10.6. The highest BCUT2D eigenvalue weighted by Gasteiger charge is 2.17. The van der Waals surface area contributed by atoms with Crippen LogP contribution < -0.4 is 5.73 Å². The predicted octanol–water partition coefficient (Wildman–Crippen LogP) is 5.85. The molecule has 2 N–H and O–H groups in total. The molecule has 0 saturated heterocycles. The van der Waals surface area contributed by atoms with E-state index in [9.17, 15) is 0 Å².